The summed E-state index contributed by atoms with van der Waals surface area (Å²) in [6.07, 6.45) is 0. The standard InChI is InChI=1S/C16H32N4O6/c1-13(2)11-19(5-3-17-9-14(21)22)7-8-20(12-16(25)26)6-4-18-10-15(23)24/h13,17-18H,3-12H2,1-2H3,(H,21,22)(H,23,24)(H,25,26). The van der Waals surface area contributed by atoms with Gasteiger partial charge in [0.15, 0.2) is 0 Å². The molecule has 26 heavy (non-hydrogen) atoms. The fraction of sp³-hybridized carbons (Fsp3) is 0.812. The first-order valence-corrected chi connectivity index (χ1v) is 8.72. The minimum Gasteiger partial charge on any atom is -0.480 e. The molecule has 5 N–H and O–H groups in total. The highest BCUT2D eigenvalue weighted by atomic mass is 16.4. The third-order valence-electron chi connectivity index (χ3n) is 3.48. The summed E-state index contributed by atoms with van der Waals surface area (Å²) in [7, 11) is 0. The third kappa shape index (κ3) is 15.8. The second kappa shape index (κ2) is 14.4. The van der Waals surface area contributed by atoms with Gasteiger partial charge in [-0.15, -0.1) is 0 Å². The summed E-state index contributed by atoms with van der Waals surface area (Å²) >= 11 is 0. The summed E-state index contributed by atoms with van der Waals surface area (Å²) in [5.41, 5.74) is 0. The van der Waals surface area contributed by atoms with Gasteiger partial charge in [0, 0.05) is 45.8 Å². The van der Waals surface area contributed by atoms with Crippen LogP contribution in [0.2, 0.25) is 0 Å². The number of rotatable bonds is 17. The molecule has 0 fully saturated rings. The summed E-state index contributed by atoms with van der Waals surface area (Å²) < 4.78 is 0. The topological polar surface area (TPSA) is 142 Å². The molecule has 0 aliphatic rings. The van der Waals surface area contributed by atoms with Gasteiger partial charge in [0.05, 0.1) is 19.6 Å². The smallest absolute Gasteiger partial charge is 0.317 e. The Bertz CT molecular complexity index is 433. The van der Waals surface area contributed by atoms with Crippen molar-refractivity contribution < 1.29 is 29.7 Å². The molecule has 0 saturated heterocycles. The van der Waals surface area contributed by atoms with Crippen LogP contribution in [0.5, 0.6) is 0 Å². The van der Waals surface area contributed by atoms with E-state index in [2.05, 4.69) is 29.4 Å². The molecule has 0 spiro atoms. The van der Waals surface area contributed by atoms with Crippen LogP contribution in [0.25, 0.3) is 0 Å². The average Bonchev–Trinajstić information content (AvgIpc) is 2.51. The molecule has 0 aliphatic carbocycles. The number of nitrogens with zero attached hydrogens (tertiary/aromatic N) is 2. The number of nitrogens with one attached hydrogen (secondary N) is 2. The first-order chi connectivity index (χ1) is 12.2. The lowest BCUT2D eigenvalue weighted by molar-refractivity contribution is -0.139. The minimum absolute atomic E-state index is 0.0874. The molecule has 0 aromatic heterocycles. The zero-order valence-electron chi connectivity index (χ0n) is 15.6. The number of carboxylic acids is 3. The fourth-order valence-corrected chi connectivity index (χ4v) is 2.42. The van der Waals surface area contributed by atoms with Crippen molar-refractivity contribution in [3.8, 4) is 0 Å². The molecule has 0 heterocycles. The van der Waals surface area contributed by atoms with E-state index in [9.17, 15) is 14.4 Å². The summed E-state index contributed by atoms with van der Waals surface area (Å²) in [5, 5.41) is 31.9. The highest BCUT2D eigenvalue weighted by Gasteiger charge is 2.13. The van der Waals surface area contributed by atoms with E-state index in [0.29, 0.717) is 45.2 Å². The molecule has 0 saturated carbocycles. The van der Waals surface area contributed by atoms with Crippen molar-refractivity contribution >= 4 is 17.9 Å². The number of carboxylic acid groups (broad SMARTS) is 3. The van der Waals surface area contributed by atoms with Crippen LogP contribution in [0.4, 0.5) is 0 Å². The first kappa shape index (κ1) is 24.2. The van der Waals surface area contributed by atoms with Gasteiger partial charge in [0.25, 0.3) is 0 Å². The number of hydrogen-bond acceptors (Lipinski definition) is 7. The Morgan fingerprint density at radius 2 is 1.23 bits per heavy atom. The van der Waals surface area contributed by atoms with Crippen LogP contribution in [-0.2, 0) is 14.4 Å². The largest absolute Gasteiger partial charge is 0.480 e. The highest BCUT2D eigenvalue weighted by molar-refractivity contribution is 5.69. The molecular formula is C16H32N4O6. The number of hydrogen-bond donors (Lipinski definition) is 5. The van der Waals surface area contributed by atoms with Crippen molar-refractivity contribution in [3.05, 3.63) is 0 Å². The van der Waals surface area contributed by atoms with Gasteiger partial charge in [-0.2, -0.15) is 0 Å². The normalized spacial score (nSPS) is 11.4. The van der Waals surface area contributed by atoms with Gasteiger partial charge in [-0.05, 0) is 5.92 Å². The van der Waals surface area contributed by atoms with Crippen molar-refractivity contribution in [3.63, 3.8) is 0 Å². The van der Waals surface area contributed by atoms with E-state index in [0.717, 1.165) is 6.54 Å². The van der Waals surface area contributed by atoms with Gasteiger partial charge < -0.3 is 30.9 Å². The van der Waals surface area contributed by atoms with Crippen LogP contribution >= 0.6 is 0 Å². The number of carbonyl (C=O) groups is 3. The van der Waals surface area contributed by atoms with Crippen molar-refractivity contribution in [1.82, 2.24) is 20.4 Å². The van der Waals surface area contributed by atoms with E-state index in [1.54, 1.807) is 4.90 Å². The summed E-state index contributed by atoms with van der Waals surface area (Å²) in [6, 6.07) is 0. The molecule has 0 atom stereocenters. The van der Waals surface area contributed by atoms with Crippen molar-refractivity contribution in [1.29, 1.82) is 0 Å². The molecular weight excluding hydrogens is 344 g/mol. The lowest BCUT2D eigenvalue weighted by Crippen LogP contribution is -2.44. The number of aliphatic carboxylic acids is 3. The van der Waals surface area contributed by atoms with Crippen LogP contribution in [0.15, 0.2) is 0 Å². The van der Waals surface area contributed by atoms with Crippen molar-refractivity contribution in [2.24, 2.45) is 5.92 Å². The fourth-order valence-electron chi connectivity index (χ4n) is 2.42. The molecule has 0 rings (SSSR count). The van der Waals surface area contributed by atoms with Gasteiger partial charge in [0.1, 0.15) is 0 Å². The molecule has 0 bridgehead atoms. The van der Waals surface area contributed by atoms with Crippen LogP contribution in [0.3, 0.4) is 0 Å². The quantitative estimate of drug-likeness (QED) is 0.194. The van der Waals surface area contributed by atoms with E-state index in [1.807, 2.05) is 0 Å². The van der Waals surface area contributed by atoms with Gasteiger partial charge in [0.2, 0.25) is 0 Å². The predicted molar refractivity (Wildman–Crippen MR) is 96.4 cm³/mol. The Morgan fingerprint density at radius 3 is 1.65 bits per heavy atom. The van der Waals surface area contributed by atoms with Gasteiger partial charge in [-0.25, -0.2) is 0 Å². The molecule has 0 amide bonds. The highest BCUT2D eigenvalue weighted by Crippen LogP contribution is 1.99. The lowest BCUT2D eigenvalue weighted by atomic mass is 10.2. The third-order valence-corrected chi connectivity index (χ3v) is 3.48. The maximum Gasteiger partial charge on any atom is 0.317 e. The second-order valence-corrected chi connectivity index (χ2v) is 6.51. The van der Waals surface area contributed by atoms with Crippen molar-refractivity contribution in [2.75, 3.05) is 65.4 Å². The monoisotopic (exact) mass is 376 g/mol. The Hall–Kier alpha value is -1.75. The Labute approximate surface area is 154 Å². The average molecular weight is 376 g/mol. The summed E-state index contributed by atoms with van der Waals surface area (Å²) in [4.78, 5) is 36.0. The van der Waals surface area contributed by atoms with E-state index < -0.39 is 17.9 Å². The Morgan fingerprint density at radius 1 is 0.769 bits per heavy atom. The van der Waals surface area contributed by atoms with Crippen LogP contribution in [0, 0.1) is 5.92 Å². The molecule has 0 unspecified atom stereocenters. The minimum atomic E-state index is -0.952. The molecule has 0 aromatic carbocycles. The molecule has 0 aliphatic heterocycles. The summed E-state index contributed by atoms with van der Waals surface area (Å²) in [6.45, 7) is 7.87. The SMILES string of the molecule is CC(C)CN(CCNCC(=O)O)CCN(CCNCC(=O)O)CC(=O)O. The Kier molecular flexibility index (Phi) is 13.5. The van der Waals surface area contributed by atoms with E-state index in [4.69, 9.17) is 15.3 Å². The Balaban J connectivity index is 4.38. The van der Waals surface area contributed by atoms with Gasteiger partial charge >= 0.3 is 17.9 Å². The van der Waals surface area contributed by atoms with Crippen LogP contribution in [-0.4, -0.2) is 108 Å². The second-order valence-electron chi connectivity index (χ2n) is 6.51. The van der Waals surface area contributed by atoms with Crippen LogP contribution < -0.4 is 10.6 Å². The molecule has 10 heteroatoms. The molecule has 10 nitrogen and oxygen atoms in total. The lowest BCUT2D eigenvalue weighted by Gasteiger charge is -2.28. The molecule has 152 valence electrons. The van der Waals surface area contributed by atoms with E-state index in [-0.39, 0.29) is 19.6 Å². The van der Waals surface area contributed by atoms with Crippen molar-refractivity contribution in [2.45, 2.75) is 13.8 Å². The first-order valence-electron chi connectivity index (χ1n) is 8.72. The maximum atomic E-state index is 11.0. The van der Waals surface area contributed by atoms with Gasteiger partial charge in [-0.3, -0.25) is 19.3 Å². The summed E-state index contributed by atoms with van der Waals surface area (Å²) in [5.74, 6) is -2.35. The zero-order valence-corrected chi connectivity index (χ0v) is 15.6. The zero-order chi connectivity index (χ0) is 19.9. The molecule has 0 aromatic rings. The maximum absolute atomic E-state index is 11.0. The molecule has 0 radical (unpaired) electrons. The van der Waals surface area contributed by atoms with E-state index in [1.165, 1.54) is 0 Å². The van der Waals surface area contributed by atoms with Crippen LogP contribution in [0.1, 0.15) is 13.8 Å². The predicted octanol–water partition coefficient (Wildman–Crippen LogP) is -1.32. The van der Waals surface area contributed by atoms with E-state index >= 15 is 0 Å². The van der Waals surface area contributed by atoms with Gasteiger partial charge in [-0.1, -0.05) is 13.8 Å².